The number of hydrogen-bond donors (Lipinski definition) is 1. The van der Waals surface area contributed by atoms with Crippen LogP contribution in [0.4, 0.5) is 17.6 Å². The molecule has 3 aromatic rings. The molecule has 0 aliphatic carbocycles. The third-order valence-corrected chi connectivity index (χ3v) is 6.27. The Morgan fingerprint density at radius 1 is 1.03 bits per heavy atom. The molecule has 34 heavy (non-hydrogen) atoms. The number of halogens is 4. The van der Waals surface area contributed by atoms with E-state index in [1.807, 2.05) is 4.90 Å². The first-order valence-corrected chi connectivity index (χ1v) is 10.7. The zero-order chi connectivity index (χ0) is 24.5. The molecule has 0 spiro atoms. The molecule has 0 bridgehead atoms. The summed E-state index contributed by atoms with van der Waals surface area (Å²) in [7, 11) is 0. The van der Waals surface area contributed by atoms with Gasteiger partial charge in [0.05, 0.1) is 12.1 Å². The molecule has 7 nitrogen and oxygen atoms in total. The van der Waals surface area contributed by atoms with Gasteiger partial charge in [0.15, 0.2) is 0 Å². The van der Waals surface area contributed by atoms with Crippen molar-refractivity contribution in [1.82, 2.24) is 24.6 Å². The van der Waals surface area contributed by atoms with Gasteiger partial charge in [0.2, 0.25) is 0 Å². The summed E-state index contributed by atoms with van der Waals surface area (Å²) in [5.74, 6) is -3.93. The third kappa shape index (κ3) is 4.66. The molecule has 1 fully saturated rings. The molecule has 1 aromatic heterocycles. The minimum absolute atomic E-state index is 0.0937. The lowest BCUT2D eigenvalue weighted by Gasteiger charge is -2.45. The highest BCUT2D eigenvalue weighted by atomic mass is 19.1. The predicted octanol–water partition coefficient (Wildman–Crippen LogP) is 2.57. The quantitative estimate of drug-likeness (QED) is 0.553. The van der Waals surface area contributed by atoms with Crippen molar-refractivity contribution in [3.8, 4) is 0 Å². The van der Waals surface area contributed by atoms with Crippen LogP contribution in [0.3, 0.4) is 0 Å². The molecule has 2 aromatic carbocycles. The zero-order valence-electron chi connectivity index (χ0n) is 18.3. The normalized spacial score (nSPS) is 17.4. The first-order valence-electron chi connectivity index (χ1n) is 10.7. The molecular formula is C23H23F4N5O2. The van der Waals surface area contributed by atoms with Crippen LogP contribution in [-0.4, -0.2) is 67.8 Å². The summed E-state index contributed by atoms with van der Waals surface area (Å²) < 4.78 is 56.9. The van der Waals surface area contributed by atoms with E-state index in [0.717, 1.165) is 18.2 Å². The first-order chi connectivity index (χ1) is 16.2. The predicted molar refractivity (Wildman–Crippen MR) is 114 cm³/mol. The second kappa shape index (κ2) is 9.51. The van der Waals surface area contributed by atoms with Crippen molar-refractivity contribution in [3.63, 3.8) is 0 Å². The van der Waals surface area contributed by atoms with Gasteiger partial charge in [-0.15, -0.1) is 0 Å². The van der Waals surface area contributed by atoms with E-state index >= 15 is 0 Å². The van der Waals surface area contributed by atoms with Gasteiger partial charge in [0.1, 0.15) is 41.5 Å². The van der Waals surface area contributed by atoms with Crippen LogP contribution in [0.5, 0.6) is 0 Å². The van der Waals surface area contributed by atoms with Crippen molar-refractivity contribution < 1.29 is 27.5 Å². The number of hydrogen-bond acceptors (Lipinski definition) is 5. The number of amides is 1. The molecule has 1 amide bonds. The first kappa shape index (κ1) is 23.8. The molecule has 11 heteroatoms. The summed E-state index contributed by atoms with van der Waals surface area (Å²) in [6.45, 7) is 2.60. The number of carbonyl (C=O) groups is 1. The van der Waals surface area contributed by atoms with Gasteiger partial charge >= 0.3 is 0 Å². The van der Waals surface area contributed by atoms with E-state index in [2.05, 4.69) is 10.1 Å². The smallest absolute Gasteiger partial charge is 0.256 e. The van der Waals surface area contributed by atoms with Gasteiger partial charge < -0.3 is 10.0 Å². The summed E-state index contributed by atoms with van der Waals surface area (Å²) >= 11 is 0. The van der Waals surface area contributed by atoms with Gasteiger partial charge in [0.25, 0.3) is 5.91 Å². The van der Waals surface area contributed by atoms with E-state index in [1.165, 1.54) is 28.3 Å². The fraction of sp³-hybridized carbons (Fsp3) is 0.348. The Morgan fingerprint density at radius 3 is 2.26 bits per heavy atom. The van der Waals surface area contributed by atoms with Gasteiger partial charge in [-0.25, -0.2) is 27.2 Å². The minimum atomic E-state index is -1.80. The summed E-state index contributed by atoms with van der Waals surface area (Å²) in [5, 5.41) is 15.7. The lowest BCUT2D eigenvalue weighted by molar-refractivity contribution is -0.0719. The van der Waals surface area contributed by atoms with E-state index in [9.17, 15) is 27.5 Å². The molecule has 0 saturated carbocycles. The van der Waals surface area contributed by atoms with Crippen LogP contribution in [0.25, 0.3) is 0 Å². The molecule has 1 N–H and O–H groups in total. The number of aliphatic hydroxyl groups is 1. The lowest BCUT2D eigenvalue weighted by Crippen LogP contribution is -2.58. The topological polar surface area (TPSA) is 74.5 Å². The maximum absolute atomic E-state index is 14.7. The van der Waals surface area contributed by atoms with Crippen LogP contribution in [0.15, 0.2) is 49.1 Å². The van der Waals surface area contributed by atoms with Crippen molar-refractivity contribution in [3.05, 3.63) is 83.4 Å². The highest BCUT2D eigenvalue weighted by Gasteiger charge is 2.43. The number of carbonyl (C=O) groups excluding carboxylic acids is 1. The third-order valence-electron chi connectivity index (χ3n) is 6.27. The Hall–Kier alpha value is -3.31. The summed E-state index contributed by atoms with van der Waals surface area (Å²) in [6, 6.07) is 5.11. The van der Waals surface area contributed by atoms with Gasteiger partial charge in [-0.2, -0.15) is 5.10 Å². The summed E-state index contributed by atoms with van der Waals surface area (Å²) in [6.07, 6.45) is 2.66. The minimum Gasteiger partial charge on any atom is -0.381 e. The molecule has 180 valence electrons. The Bertz CT molecular complexity index is 1170. The highest BCUT2D eigenvalue weighted by Crippen LogP contribution is 2.33. The number of aromatic nitrogens is 3. The Labute approximate surface area is 193 Å². The van der Waals surface area contributed by atoms with Crippen LogP contribution in [0.1, 0.15) is 22.8 Å². The molecule has 1 aliphatic rings. The second-order valence-corrected chi connectivity index (χ2v) is 8.27. The van der Waals surface area contributed by atoms with Crippen molar-refractivity contribution in [2.75, 3.05) is 26.2 Å². The molecule has 4 rings (SSSR count). The lowest BCUT2D eigenvalue weighted by atomic mass is 9.85. The highest BCUT2D eigenvalue weighted by molar-refractivity contribution is 5.94. The monoisotopic (exact) mass is 477 g/mol. The average Bonchev–Trinajstić information content (AvgIpc) is 3.31. The van der Waals surface area contributed by atoms with Crippen LogP contribution in [0, 0.1) is 23.3 Å². The van der Waals surface area contributed by atoms with Gasteiger partial charge in [-0.1, -0.05) is 6.07 Å². The van der Waals surface area contributed by atoms with E-state index in [4.69, 9.17) is 0 Å². The van der Waals surface area contributed by atoms with Crippen molar-refractivity contribution in [2.45, 2.75) is 25.1 Å². The molecular weight excluding hydrogens is 454 g/mol. The second-order valence-electron chi connectivity index (χ2n) is 8.27. The maximum atomic E-state index is 14.7. The standard InChI is InChI=1S/C23H23F4N5O2/c1-15(23(34,12-32-14-28-13-29-32)19-5-3-17(25)11-21(19)27)30-6-8-31(9-7-30)22(33)18-4-2-16(24)10-20(18)26/h2-5,10-11,13-15,34H,6-9,12H2,1H3/t15-,23-/m1/s1. The van der Waals surface area contributed by atoms with Crippen molar-refractivity contribution in [1.29, 1.82) is 0 Å². The van der Waals surface area contributed by atoms with E-state index in [1.54, 1.807) is 6.92 Å². The number of benzene rings is 2. The van der Waals surface area contributed by atoms with Crippen LogP contribution < -0.4 is 0 Å². The van der Waals surface area contributed by atoms with E-state index < -0.39 is 40.8 Å². The van der Waals surface area contributed by atoms with Gasteiger partial charge in [-0.05, 0) is 25.1 Å². The Balaban J connectivity index is 1.53. The summed E-state index contributed by atoms with van der Waals surface area (Å²) in [5.41, 5.74) is -2.12. The number of nitrogens with zero attached hydrogens (tertiary/aromatic N) is 5. The molecule has 2 atom stereocenters. The van der Waals surface area contributed by atoms with Gasteiger partial charge in [-0.3, -0.25) is 9.69 Å². The maximum Gasteiger partial charge on any atom is 0.256 e. The van der Waals surface area contributed by atoms with Crippen LogP contribution in [-0.2, 0) is 12.1 Å². The van der Waals surface area contributed by atoms with E-state index in [0.29, 0.717) is 25.2 Å². The number of rotatable bonds is 6. The fourth-order valence-corrected chi connectivity index (χ4v) is 4.29. The fourth-order valence-electron chi connectivity index (χ4n) is 4.29. The molecule has 1 aliphatic heterocycles. The molecule has 2 heterocycles. The largest absolute Gasteiger partial charge is 0.381 e. The van der Waals surface area contributed by atoms with Gasteiger partial charge in [0, 0.05) is 49.9 Å². The Kier molecular flexibility index (Phi) is 6.67. The van der Waals surface area contributed by atoms with Crippen molar-refractivity contribution in [2.24, 2.45) is 0 Å². The molecule has 0 unspecified atom stereocenters. The molecule has 1 saturated heterocycles. The van der Waals surface area contributed by atoms with E-state index in [-0.39, 0.29) is 30.8 Å². The Morgan fingerprint density at radius 2 is 1.68 bits per heavy atom. The zero-order valence-corrected chi connectivity index (χ0v) is 18.3. The van der Waals surface area contributed by atoms with Crippen LogP contribution >= 0.6 is 0 Å². The average molecular weight is 477 g/mol. The summed E-state index contributed by atoms with van der Waals surface area (Å²) in [4.78, 5) is 19.9. The molecule has 0 radical (unpaired) electrons. The number of piperazine rings is 1. The van der Waals surface area contributed by atoms with Crippen molar-refractivity contribution >= 4 is 5.91 Å². The van der Waals surface area contributed by atoms with Crippen LogP contribution in [0.2, 0.25) is 0 Å². The SMILES string of the molecule is C[C@@H](N1CCN(C(=O)c2ccc(F)cc2F)CC1)[C@](O)(Cn1cncn1)c1ccc(F)cc1F.